The molecule has 0 radical (unpaired) electrons. The fourth-order valence-electron chi connectivity index (χ4n) is 4.10. The molecule has 3 rings (SSSR count). The van der Waals surface area contributed by atoms with Gasteiger partial charge in [-0.15, -0.1) is 0 Å². The molecule has 0 amide bonds. The second kappa shape index (κ2) is 5.71. The SMILES string of the molecule is NCC1(OC2CCOC3(CCC3)C2)CCCCCC1. The van der Waals surface area contributed by atoms with Gasteiger partial charge in [-0.25, -0.2) is 0 Å². The number of nitrogens with two attached hydrogens (primary N) is 1. The lowest BCUT2D eigenvalue weighted by Gasteiger charge is -2.49. The molecule has 3 heteroatoms. The average molecular weight is 267 g/mol. The fraction of sp³-hybridized carbons (Fsp3) is 1.00. The van der Waals surface area contributed by atoms with E-state index in [2.05, 4.69) is 0 Å². The van der Waals surface area contributed by atoms with Crippen molar-refractivity contribution in [3.63, 3.8) is 0 Å². The summed E-state index contributed by atoms with van der Waals surface area (Å²) in [5, 5.41) is 0. The predicted octanol–water partition coefficient (Wildman–Crippen LogP) is 3.16. The van der Waals surface area contributed by atoms with E-state index < -0.39 is 0 Å². The van der Waals surface area contributed by atoms with Crippen molar-refractivity contribution in [2.75, 3.05) is 13.2 Å². The molecule has 3 fully saturated rings. The number of rotatable bonds is 3. The minimum absolute atomic E-state index is 0.0244. The molecule has 0 aromatic rings. The van der Waals surface area contributed by atoms with Gasteiger partial charge in [-0.05, 0) is 38.5 Å². The lowest BCUT2D eigenvalue weighted by Crippen LogP contribution is -2.51. The van der Waals surface area contributed by atoms with Crippen LogP contribution >= 0.6 is 0 Å². The highest BCUT2D eigenvalue weighted by molar-refractivity contribution is 4.96. The molecule has 0 aromatic heterocycles. The molecule has 1 spiro atoms. The third-order valence-corrected chi connectivity index (χ3v) is 5.52. The van der Waals surface area contributed by atoms with Crippen molar-refractivity contribution >= 4 is 0 Å². The molecular formula is C16H29NO2. The van der Waals surface area contributed by atoms with E-state index in [1.54, 1.807) is 0 Å². The third-order valence-electron chi connectivity index (χ3n) is 5.52. The molecule has 3 nitrogen and oxygen atoms in total. The Morgan fingerprint density at radius 1 is 1.00 bits per heavy atom. The minimum Gasteiger partial charge on any atom is -0.375 e. The van der Waals surface area contributed by atoms with Crippen LogP contribution in [0.25, 0.3) is 0 Å². The van der Waals surface area contributed by atoms with Crippen LogP contribution in [0.5, 0.6) is 0 Å². The lowest BCUT2D eigenvalue weighted by atomic mass is 9.74. The van der Waals surface area contributed by atoms with Gasteiger partial charge in [0.2, 0.25) is 0 Å². The van der Waals surface area contributed by atoms with Gasteiger partial charge in [-0.2, -0.15) is 0 Å². The smallest absolute Gasteiger partial charge is 0.0807 e. The summed E-state index contributed by atoms with van der Waals surface area (Å²) in [6, 6.07) is 0. The fourth-order valence-corrected chi connectivity index (χ4v) is 4.10. The van der Waals surface area contributed by atoms with Gasteiger partial charge in [0.05, 0.1) is 17.3 Å². The van der Waals surface area contributed by atoms with Crippen LogP contribution in [0.2, 0.25) is 0 Å². The monoisotopic (exact) mass is 267 g/mol. The van der Waals surface area contributed by atoms with Crippen molar-refractivity contribution in [2.24, 2.45) is 5.73 Å². The first-order valence-corrected chi connectivity index (χ1v) is 8.28. The summed E-state index contributed by atoms with van der Waals surface area (Å²) < 4.78 is 12.6. The Labute approximate surface area is 117 Å². The Morgan fingerprint density at radius 3 is 2.32 bits per heavy atom. The van der Waals surface area contributed by atoms with Crippen LogP contribution in [0.3, 0.4) is 0 Å². The van der Waals surface area contributed by atoms with E-state index in [4.69, 9.17) is 15.2 Å². The summed E-state index contributed by atoms with van der Waals surface area (Å²) in [5.41, 5.74) is 6.24. The maximum Gasteiger partial charge on any atom is 0.0807 e. The first kappa shape index (κ1) is 13.8. The maximum absolute atomic E-state index is 6.58. The summed E-state index contributed by atoms with van der Waals surface area (Å²) in [4.78, 5) is 0. The molecule has 1 atom stereocenters. The van der Waals surface area contributed by atoms with Crippen molar-refractivity contribution in [2.45, 2.75) is 87.9 Å². The van der Waals surface area contributed by atoms with Crippen molar-refractivity contribution in [1.82, 2.24) is 0 Å². The Balaban J connectivity index is 1.61. The molecule has 1 aliphatic heterocycles. The molecule has 2 aliphatic carbocycles. The van der Waals surface area contributed by atoms with E-state index in [1.807, 2.05) is 0 Å². The molecule has 0 bridgehead atoms. The molecule has 1 saturated heterocycles. The lowest BCUT2D eigenvalue weighted by molar-refractivity contribution is -0.198. The van der Waals surface area contributed by atoms with Crippen LogP contribution in [0.1, 0.15) is 70.6 Å². The molecule has 110 valence electrons. The number of hydrogen-bond acceptors (Lipinski definition) is 3. The third kappa shape index (κ3) is 2.98. The molecule has 3 aliphatic rings. The van der Waals surface area contributed by atoms with Gasteiger partial charge >= 0.3 is 0 Å². The van der Waals surface area contributed by atoms with Gasteiger partial charge in [0.25, 0.3) is 0 Å². The average Bonchev–Trinajstić information content (AvgIpc) is 2.63. The van der Waals surface area contributed by atoms with Crippen molar-refractivity contribution < 1.29 is 9.47 Å². The zero-order valence-electron chi connectivity index (χ0n) is 12.2. The first-order valence-electron chi connectivity index (χ1n) is 8.28. The Hall–Kier alpha value is -0.120. The van der Waals surface area contributed by atoms with E-state index in [9.17, 15) is 0 Å². The highest BCUT2D eigenvalue weighted by Crippen LogP contribution is 2.44. The number of ether oxygens (including phenoxy) is 2. The maximum atomic E-state index is 6.58. The summed E-state index contributed by atoms with van der Waals surface area (Å²) in [6.45, 7) is 1.57. The first-order chi connectivity index (χ1) is 9.26. The molecule has 2 N–H and O–H groups in total. The summed E-state index contributed by atoms with van der Waals surface area (Å²) in [5.74, 6) is 0. The highest BCUT2D eigenvalue weighted by Gasteiger charge is 2.45. The van der Waals surface area contributed by atoms with Crippen LogP contribution < -0.4 is 5.73 Å². The van der Waals surface area contributed by atoms with E-state index in [1.165, 1.54) is 44.9 Å². The molecular weight excluding hydrogens is 238 g/mol. The van der Waals surface area contributed by atoms with Crippen LogP contribution in [0.4, 0.5) is 0 Å². The van der Waals surface area contributed by atoms with Crippen molar-refractivity contribution in [3.05, 3.63) is 0 Å². The summed E-state index contributed by atoms with van der Waals surface area (Å²) in [7, 11) is 0. The zero-order valence-corrected chi connectivity index (χ0v) is 12.2. The van der Waals surface area contributed by atoms with E-state index in [0.717, 1.165) is 32.3 Å². The number of hydrogen-bond donors (Lipinski definition) is 1. The van der Waals surface area contributed by atoms with E-state index in [-0.39, 0.29) is 11.2 Å². The minimum atomic E-state index is -0.0244. The highest BCUT2D eigenvalue weighted by atomic mass is 16.5. The standard InChI is InChI=1S/C16H29NO2/c17-13-16(7-3-1-2-4-8-16)19-14-6-11-18-15(12-14)9-5-10-15/h14H,1-13,17H2. The van der Waals surface area contributed by atoms with Gasteiger partial charge in [0, 0.05) is 19.6 Å². The molecule has 2 saturated carbocycles. The van der Waals surface area contributed by atoms with E-state index >= 15 is 0 Å². The van der Waals surface area contributed by atoms with Gasteiger partial charge in [-0.3, -0.25) is 0 Å². The topological polar surface area (TPSA) is 44.5 Å². The molecule has 1 heterocycles. The Morgan fingerprint density at radius 2 is 1.74 bits per heavy atom. The molecule has 1 unspecified atom stereocenters. The molecule has 19 heavy (non-hydrogen) atoms. The summed E-state index contributed by atoms with van der Waals surface area (Å²) in [6.07, 6.45) is 13.9. The van der Waals surface area contributed by atoms with Gasteiger partial charge in [0.15, 0.2) is 0 Å². The second-order valence-corrected chi connectivity index (χ2v) is 6.92. The Kier molecular flexibility index (Phi) is 4.16. The van der Waals surface area contributed by atoms with Gasteiger partial charge in [-0.1, -0.05) is 25.7 Å². The quantitative estimate of drug-likeness (QED) is 0.799. The van der Waals surface area contributed by atoms with Crippen molar-refractivity contribution in [1.29, 1.82) is 0 Å². The second-order valence-electron chi connectivity index (χ2n) is 6.92. The normalized spacial score (nSPS) is 33.6. The van der Waals surface area contributed by atoms with Gasteiger partial charge < -0.3 is 15.2 Å². The largest absolute Gasteiger partial charge is 0.375 e. The zero-order chi connectivity index (χ0) is 13.2. The van der Waals surface area contributed by atoms with Crippen LogP contribution in [-0.2, 0) is 9.47 Å². The van der Waals surface area contributed by atoms with Crippen LogP contribution in [0, 0.1) is 0 Å². The Bertz CT molecular complexity index is 293. The van der Waals surface area contributed by atoms with Gasteiger partial charge in [0.1, 0.15) is 0 Å². The summed E-state index contributed by atoms with van der Waals surface area (Å²) >= 11 is 0. The van der Waals surface area contributed by atoms with Crippen LogP contribution in [-0.4, -0.2) is 30.5 Å². The van der Waals surface area contributed by atoms with E-state index in [0.29, 0.717) is 12.6 Å². The molecule has 0 aromatic carbocycles. The van der Waals surface area contributed by atoms with Crippen molar-refractivity contribution in [3.8, 4) is 0 Å². The van der Waals surface area contributed by atoms with Crippen LogP contribution in [0.15, 0.2) is 0 Å². The predicted molar refractivity (Wildman–Crippen MR) is 76.1 cm³/mol.